The third-order valence-electron chi connectivity index (χ3n) is 12.4. The van der Waals surface area contributed by atoms with Gasteiger partial charge in [0.15, 0.2) is 6.29 Å². The highest BCUT2D eigenvalue weighted by Crippen LogP contribution is 2.23. The Balaban J connectivity index is 2.42. The Kier molecular flexibility index (Phi) is 39.3. The van der Waals surface area contributed by atoms with Gasteiger partial charge < -0.3 is 50.5 Å². The minimum atomic E-state index is -1.67. The fourth-order valence-corrected chi connectivity index (χ4v) is 8.10. The van der Waals surface area contributed by atoms with Crippen LogP contribution in [0.25, 0.3) is 0 Å². The zero-order valence-corrected chi connectivity index (χ0v) is 40.1. The maximum Gasteiger partial charge on any atom is 0.249 e. The van der Waals surface area contributed by atoms with Crippen molar-refractivity contribution in [1.82, 2.24) is 5.32 Å². The average molecular weight is 896 g/mol. The van der Waals surface area contributed by atoms with Gasteiger partial charge in [-0.25, -0.2) is 0 Å². The Morgan fingerprint density at radius 3 is 1.41 bits per heavy atom. The molecule has 1 heterocycles. The summed E-state index contributed by atoms with van der Waals surface area (Å²) in [7, 11) is 0. The standard InChI is InChI=1S/C52H97NO10/c1-3-5-7-9-11-13-15-17-19-21-22-23-24-26-28-30-32-34-36-38-40-45(56)51(61)53-43(42-62-52-50(60)49(59)48(58)46(41-54)63-52)47(57)44(55)39-37-35-33-31-29-27-25-20-18-16-14-12-10-8-6-4-2/h20,23-25,31,33,43-50,52,54-60H,3-19,21-22,26-30,32,34-42H2,1-2H3,(H,53,61)/b24-23-,25-20+,33-31+. The van der Waals surface area contributed by atoms with E-state index in [1.165, 1.54) is 116 Å². The molecule has 9 unspecified atom stereocenters. The first-order valence-corrected chi connectivity index (χ1v) is 25.9. The van der Waals surface area contributed by atoms with Crippen molar-refractivity contribution in [2.45, 2.75) is 274 Å². The molecule has 1 aliphatic rings. The van der Waals surface area contributed by atoms with Crippen LogP contribution in [0, 0.1) is 0 Å². The van der Waals surface area contributed by atoms with Crippen LogP contribution < -0.4 is 5.32 Å². The van der Waals surface area contributed by atoms with Crippen molar-refractivity contribution in [3.8, 4) is 0 Å². The fraction of sp³-hybridized carbons (Fsp3) is 0.865. The molecule has 9 atom stereocenters. The summed E-state index contributed by atoms with van der Waals surface area (Å²) in [5.41, 5.74) is 0. The van der Waals surface area contributed by atoms with E-state index in [0.717, 1.165) is 57.8 Å². The minimum Gasteiger partial charge on any atom is -0.394 e. The van der Waals surface area contributed by atoms with E-state index < -0.39 is 74.2 Å². The van der Waals surface area contributed by atoms with Crippen molar-refractivity contribution in [2.24, 2.45) is 0 Å². The molecule has 8 N–H and O–H groups in total. The maximum absolute atomic E-state index is 13.1. The smallest absolute Gasteiger partial charge is 0.249 e. The van der Waals surface area contributed by atoms with Crippen molar-refractivity contribution in [3.63, 3.8) is 0 Å². The molecule has 0 spiro atoms. The lowest BCUT2D eigenvalue weighted by atomic mass is 9.98. The first kappa shape index (κ1) is 59.3. The Bertz CT molecular complexity index is 1120. The first-order chi connectivity index (χ1) is 30.7. The lowest BCUT2D eigenvalue weighted by Gasteiger charge is -2.40. The third kappa shape index (κ3) is 31.0. The zero-order valence-electron chi connectivity index (χ0n) is 40.1. The van der Waals surface area contributed by atoms with Crippen molar-refractivity contribution in [1.29, 1.82) is 0 Å². The van der Waals surface area contributed by atoms with Gasteiger partial charge in [-0.2, -0.15) is 0 Å². The predicted molar refractivity (Wildman–Crippen MR) is 256 cm³/mol. The van der Waals surface area contributed by atoms with Crippen LogP contribution in [0.3, 0.4) is 0 Å². The molecule has 370 valence electrons. The molecule has 1 rings (SSSR count). The highest BCUT2D eigenvalue weighted by molar-refractivity contribution is 5.80. The van der Waals surface area contributed by atoms with Gasteiger partial charge in [0, 0.05) is 0 Å². The molecule has 11 nitrogen and oxygen atoms in total. The average Bonchev–Trinajstić information content (AvgIpc) is 3.28. The van der Waals surface area contributed by atoms with Crippen LogP contribution >= 0.6 is 0 Å². The maximum atomic E-state index is 13.1. The Labute approximate surface area is 384 Å². The Hall–Kier alpha value is -1.67. The number of hydrogen-bond donors (Lipinski definition) is 8. The Morgan fingerprint density at radius 1 is 0.540 bits per heavy atom. The van der Waals surface area contributed by atoms with Gasteiger partial charge in [0.2, 0.25) is 5.91 Å². The molecule has 0 bridgehead atoms. The van der Waals surface area contributed by atoms with Gasteiger partial charge in [0.05, 0.1) is 25.4 Å². The van der Waals surface area contributed by atoms with Crippen LogP contribution in [0.4, 0.5) is 0 Å². The number of carbonyl (C=O) groups is 1. The second kappa shape index (κ2) is 41.7. The lowest BCUT2D eigenvalue weighted by Crippen LogP contribution is -2.60. The fourth-order valence-electron chi connectivity index (χ4n) is 8.10. The van der Waals surface area contributed by atoms with Gasteiger partial charge in [-0.05, 0) is 77.0 Å². The molecule has 1 aliphatic heterocycles. The molecule has 63 heavy (non-hydrogen) atoms. The van der Waals surface area contributed by atoms with Gasteiger partial charge in [-0.15, -0.1) is 0 Å². The van der Waals surface area contributed by atoms with E-state index >= 15 is 0 Å². The molecule has 1 fully saturated rings. The lowest BCUT2D eigenvalue weighted by molar-refractivity contribution is -0.303. The van der Waals surface area contributed by atoms with E-state index in [9.17, 15) is 40.5 Å². The van der Waals surface area contributed by atoms with Gasteiger partial charge in [0.1, 0.15) is 36.6 Å². The molecule has 0 aromatic heterocycles. The number of carbonyl (C=O) groups excluding carboxylic acids is 1. The van der Waals surface area contributed by atoms with E-state index in [4.69, 9.17) is 9.47 Å². The van der Waals surface area contributed by atoms with E-state index in [1.54, 1.807) is 0 Å². The van der Waals surface area contributed by atoms with Crippen LogP contribution in [0.5, 0.6) is 0 Å². The summed E-state index contributed by atoms with van der Waals surface area (Å²) in [4.78, 5) is 13.1. The molecule has 0 radical (unpaired) electrons. The van der Waals surface area contributed by atoms with Gasteiger partial charge >= 0.3 is 0 Å². The van der Waals surface area contributed by atoms with Crippen LogP contribution in [0.1, 0.15) is 219 Å². The predicted octanol–water partition coefficient (Wildman–Crippen LogP) is 9.56. The molecule has 1 amide bonds. The second-order valence-electron chi connectivity index (χ2n) is 18.2. The summed E-state index contributed by atoms with van der Waals surface area (Å²) < 4.78 is 11.1. The number of unbranched alkanes of at least 4 members (excludes halogenated alkanes) is 25. The molecule has 0 aliphatic carbocycles. The van der Waals surface area contributed by atoms with E-state index in [2.05, 4.69) is 55.6 Å². The molecular weight excluding hydrogens is 799 g/mol. The van der Waals surface area contributed by atoms with Crippen molar-refractivity contribution < 1.29 is 50.0 Å². The highest BCUT2D eigenvalue weighted by Gasteiger charge is 2.44. The number of amides is 1. The van der Waals surface area contributed by atoms with Gasteiger partial charge in [-0.3, -0.25) is 4.79 Å². The summed E-state index contributed by atoms with van der Waals surface area (Å²) in [6, 6.07) is -1.19. The highest BCUT2D eigenvalue weighted by atomic mass is 16.7. The zero-order chi connectivity index (χ0) is 46.2. The summed E-state index contributed by atoms with van der Waals surface area (Å²) in [5, 5.41) is 75.8. The van der Waals surface area contributed by atoms with Crippen LogP contribution in [0.15, 0.2) is 36.5 Å². The van der Waals surface area contributed by atoms with Crippen LogP contribution in [-0.2, 0) is 14.3 Å². The first-order valence-electron chi connectivity index (χ1n) is 25.9. The second-order valence-corrected chi connectivity index (χ2v) is 18.2. The number of aliphatic hydroxyl groups is 7. The van der Waals surface area contributed by atoms with E-state index in [1.807, 2.05) is 0 Å². The quantitative estimate of drug-likeness (QED) is 0.0216. The van der Waals surface area contributed by atoms with Crippen molar-refractivity contribution in [2.75, 3.05) is 13.2 Å². The van der Waals surface area contributed by atoms with Gasteiger partial charge in [0.25, 0.3) is 0 Å². The van der Waals surface area contributed by atoms with Crippen molar-refractivity contribution >= 4 is 5.91 Å². The van der Waals surface area contributed by atoms with Crippen molar-refractivity contribution in [3.05, 3.63) is 36.5 Å². The molecule has 0 aromatic carbocycles. The Morgan fingerprint density at radius 2 is 0.952 bits per heavy atom. The summed E-state index contributed by atoms with van der Waals surface area (Å²) in [6.07, 6.45) is 37.6. The van der Waals surface area contributed by atoms with Crippen LogP contribution in [0.2, 0.25) is 0 Å². The monoisotopic (exact) mass is 896 g/mol. The molecule has 1 saturated heterocycles. The number of ether oxygens (including phenoxy) is 2. The summed E-state index contributed by atoms with van der Waals surface area (Å²) >= 11 is 0. The largest absolute Gasteiger partial charge is 0.394 e. The van der Waals surface area contributed by atoms with E-state index in [0.29, 0.717) is 19.3 Å². The summed E-state index contributed by atoms with van der Waals surface area (Å²) in [5.74, 6) is -0.715. The minimum absolute atomic E-state index is 0.244. The number of rotatable bonds is 43. The SMILES string of the molecule is CCCCCCCCC/C=C/CC/C=C/CCCC(O)C(O)C(COC1OC(CO)C(O)C(O)C1O)NC(=O)C(O)CCCCCCCC/C=C\CCCCCCCCCCCC. The third-order valence-corrected chi connectivity index (χ3v) is 12.4. The number of hydrogen-bond acceptors (Lipinski definition) is 10. The topological polar surface area (TPSA) is 189 Å². The number of nitrogens with one attached hydrogen (secondary N) is 1. The molecule has 0 aromatic rings. The van der Waals surface area contributed by atoms with Crippen LogP contribution in [-0.4, -0.2) is 110 Å². The number of allylic oxidation sites excluding steroid dienone is 6. The summed E-state index contributed by atoms with van der Waals surface area (Å²) in [6.45, 7) is 3.42. The molecule has 0 saturated carbocycles. The number of aliphatic hydroxyl groups excluding tert-OH is 7. The normalized spacial score (nSPS) is 21.4. The van der Waals surface area contributed by atoms with Gasteiger partial charge in [-0.1, -0.05) is 179 Å². The molecule has 11 heteroatoms. The molecular formula is C52H97NO10. The van der Waals surface area contributed by atoms with E-state index in [-0.39, 0.29) is 12.8 Å².